The molecule has 4 heteroatoms. The van der Waals surface area contributed by atoms with Gasteiger partial charge in [-0.1, -0.05) is 27.7 Å². The van der Waals surface area contributed by atoms with Crippen LogP contribution >= 0.6 is 0 Å². The van der Waals surface area contributed by atoms with Crippen molar-refractivity contribution >= 4 is 11.8 Å². The maximum absolute atomic E-state index is 12.2. The quantitative estimate of drug-likeness (QED) is 0.793. The summed E-state index contributed by atoms with van der Waals surface area (Å²) in [6.07, 6.45) is 1.61. The number of β-amino-alcohol motifs (C(OH)–C–C–N with tert-alkyl or cyclic N) is 1. The van der Waals surface area contributed by atoms with Gasteiger partial charge in [0.15, 0.2) is 0 Å². The number of carbonyl (C=O) groups is 2. The number of rotatable bonds is 3. The summed E-state index contributed by atoms with van der Waals surface area (Å²) in [6, 6.07) is 0. The van der Waals surface area contributed by atoms with E-state index in [1.165, 1.54) is 4.90 Å². The third kappa shape index (κ3) is 2.99. The van der Waals surface area contributed by atoms with Crippen LogP contribution in [0.15, 0.2) is 0 Å². The van der Waals surface area contributed by atoms with Gasteiger partial charge in [0.1, 0.15) is 0 Å². The van der Waals surface area contributed by atoms with E-state index in [1.807, 2.05) is 20.8 Å². The summed E-state index contributed by atoms with van der Waals surface area (Å²) in [5.74, 6) is 0.0952. The van der Waals surface area contributed by atoms with Crippen molar-refractivity contribution in [3.8, 4) is 0 Å². The summed E-state index contributed by atoms with van der Waals surface area (Å²) in [7, 11) is 0. The second-order valence-electron chi connectivity index (χ2n) is 7.50. The number of likely N-dealkylation sites (tertiary alicyclic amines) is 1. The molecule has 0 aromatic rings. The first-order valence-corrected chi connectivity index (χ1v) is 7.22. The molecule has 0 radical (unpaired) electrons. The minimum atomic E-state index is -0.621. The van der Waals surface area contributed by atoms with Crippen molar-refractivity contribution in [1.29, 1.82) is 0 Å². The molecule has 1 heterocycles. The van der Waals surface area contributed by atoms with E-state index in [0.29, 0.717) is 12.3 Å². The monoisotopic (exact) mass is 267 g/mol. The Hall–Kier alpha value is -0.900. The minimum Gasteiger partial charge on any atom is -0.391 e. The molecule has 0 aromatic heterocycles. The van der Waals surface area contributed by atoms with Crippen molar-refractivity contribution in [2.75, 3.05) is 6.54 Å². The molecular formula is C15H25NO3. The van der Waals surface area contributed by atoms with Gasteiger partial charge in [0.25, 0.3) is 0 Å². The molecule has 1 saturated heterocycles. The van der Waals surface area contributed by atoms with Crippen LogP contribution < -0.4 is 0 Å². The Labute approximate surface area is 115 Å². The van der Waals surface area contributed by atoms with Crippen LogP contribution in [0.2, 0.25) is 0 Å². The highest BCUT2D eigenvalue weighted by atomic mass is 16.3. The predicted molar refractivity (Wildman–Crippen MR) is 72.2 cm³/mol. The SMILES string of the molecule is CC1CC2C(=O)N(CC(O)CC(C)(C)C)C(=O)C2C1. The molecule has 3 unspecified atom stereocenters. The molecule has 1 N–H and O–H groups in total. The molecule has 3 atom stereocenters. The Balaban J connectivity index is 1.99. The van der Waals surface area contributed by atoms with Crippen LogP contribution in [0.3, 0.4) is 0 Å². The van der Waals surface area contributed by atoms with E-state index in [9.17, 15) is 14.7 Å². The van der Waals surface area contributed by atoms with Crippen molar-refractivity contribution in [2.24, 2.45) is 23.2 Å². The number of hydrogen-bond donors (Lipinski definition) is 1. The molecule has 108 valence electrons. The Bertz CT molecular complexity index is 361. The Kier molecular flexibility index (Phi) is 3.74. The van der Waals surface area contributed by atoms with E-state index >= 15 is 0 Å². The number of imide groups is 1. The van der Waals surface area contributed by atoms with Gasteiger partial charge in [0, 0.05) is 0 Å². The summed E-state index contributed by atoms with van der Waals surface area (Å²) in [5, 5.41) is 10.0. The number of hydrogen-bond acceptors (Lipinski definition) is 3. The van der Waals surface area contributed by atoms with E-state index in [-0.39, 0.29) is 35.6 Å². The molecule has 2 fully saturated rings. The highest BCUT2D eigenvalue weighted by Crippen LogP contribution is 2.43. The lowest BCUT2D eigenvalue weighted by molar-refractivity contribution is -0.142. The fourth-order valence-corrected chi connectivity index (χ4v) is 3.51. The van der Waals surface area contributed by atoms with Crippen molar-refractivity contribution in [3.63, 3.8) is 0 Å². The molecule has 1 aliphatic heterocycles. The van der Waals surface area contributed by atoms with Crippen LogP contribution in [-0.4, -0.2) is 34.5 Å². The normalized spacial score (nSPS) is 32.9. The smallest absolute Gasteiger partial charge is 0.233 e. The van der Waals surface area contributed by atoms with E-state index in [2.05, 4.69) is 6.92 Å². The molecule has 0 aromatic carbocycles. The van der Waals surface area contributed by atoms with E-state index in [0.717, 1.165) is 12.8 Å². The van der Waals surface area contributed by atoms with Crippen LogP contribution in [0.1, 0.15) is 47.0 Å². The summed E-state index contributed by atoms with van der Waals surface area (Å²) in [4.78, 5) is 25.8. The number of amides is 2. The molecule has 2 aliphatic rings. The molecule has 4 nitrogen and oxygen atoms in total. The lowest BCUT2D eigenvalue weighted by Gasteiger charge is -2.25. The average molecular weight is 267 g/mol. The Morgan fingerprint density at radius 3 is 2.11 bits per heavy atom. The van der Waals surface area contributed by atoms with Crippen LogP contribution in [-0.2, 0) is 9.59 Å². The third-order valence-corrected chi connectivity index (χ3v) is 4.21. The molecule has 1 saturated carbocycles. The second kappa shape index (κ2) is 4.89. The van der Waals surface area contributed by atoms with Crippen LogP contribution in [0, 0.1) is 23.2 Å². The lowest BCUT2D eigenvalue weighted by atomic mass is 9.89. The summed E-state index contributed by atoms with van der Waals surface area (Å²) in [6.45, 7) is 8.38. The number of fused-ring (bicyclic) bond motifs is 1. The zero-order valence-electron chi connectivity index (χ0n) is 12.3. The van der Waals surface area contributed by atoms with Crippen LogP contribution in [0.4, 0.5) is 0 Å². The minimum absolute atomic E-state index is 0.00434. The largest absolute Gasteiger partial charge is 0.391 e. The number of nitrogens with zero attached hydrogens (tertiary/aromatic N) is 1. The van der Waals surface area contributed by atoms with Crippen LogP contribution in [0.5, 0.6) is 0 Å². The topological polar surface area (TPSA) is 57.6 Å². The molecule has 0 spiro atoms. The lowest BCUT2D eigenvalue weighted by Crippen LogP contribution is -2.39. The van der Waals surface area contributed by atoms with Crippen molar-refractivity contribution in [2.45, 2.75) is 53.1 Å². The van der Waals surface area contributed by atoms with Crippen molar-refractivity contribution in [3.05, 3.63) is 0 Å². The standard InChI is InChI=1S/C15H25NO3/c1-9-5-11-12(6-9)14(19)16(13(11)18)8-10(17)7-15(2,3)4/h9-12,17H,5-8H2,1-4H3. The van der Waals surface area contributed by atoms with Crippen LogP contribution in [0.25, 0.3) is 0 Å². The van der Waals surface area contributed by atoms with E-state index < -0.39 is 6.10 Å². The van der Waals surface area contributed by atoms with Gasteiger partial charge >= 0.3 is 0 Å². The van der Waals surface area contributed by atoms with Crippen molar-refractivity contribution < 1.29 is 14.7 Å². The van der Waals surface area contributed by atoms with Gasteiger partial charge in [-0.15, -0.1) is 0 Å². The van der Waals surface area contributed by atoms with Gasteiger partial charge in [-0.3, -0.25) is 14.5 Å². The molecule has 19 heavy (non-hydrogen) atoms. The fourth-order valence-electron chi connectivity index (χ4n) is 3.51. The molecule has 0 bridgehead atoms. The van der Waals surface area contributed by atoms with Gasteiger partial charge in [-0.05, 0) is 30.6 Å². The Morgan fingerprint density at radius 1 is 1.21 bits per heavy atom. The first kappa shape index (κ1) is 14.5. The summed E-state index contributed by atoms with van der Waals surface area (Å²) >= 11 is 0. The second-order valence-corrected chi connectivity index (χ2v) is 7.50. The number of carbonyl (C=O) groups excluding carboxylic acids is 2. The average Bonchev–Trinajstić information content (AvgIpc) is 2.71. The molecule has 1 aliphatic carbocycles. The number of aliphatic hydroxyl groups excluding tert-OH is 1. The first-order valence-electron chi connectivity index (χ1n) is 7.22. The van der Waals surface area contributed by atoms with Gasteiger partial charge in [0.2, 0.25) is 11.8 Å². The van der Waals surface area contributed by atoms with Gasteiger partial charge in [0.05, 0.1) is 24.5 Å². The van der Waals surface area contributed by atoms with Gasteiger partial charge in [-0.2, -0.15) is 0 Å². The van der Waals surface area contributed by atoms with Gasteiger partial charge in [-0.25, -0.2) is 0 Å². The summed E-state index contributed by atoms with van der Waals surface area (Å²) in [5.41, 5.74) is -0.00434. The highest BCUT2D eigenvalue weighted by molar-refractivity contribution is 6.05. The maximum Gasteiger partial charge on any atom is 0.233 e. The maximum atomic E-state index is 12.2. The first-order chi connectivity index (χ1) is 8.69. The molecule has 2 rings (SSSR count). The third-order valence-electron chi connectivity index (χ3n) is 4.21. The van der Waals surface area contributed by atoms with Gasteiger partial charge < -0.3 is 5.11 Å². The highest BCUT2D eigenvalue weighted by Gasteiger charge is 2.51. The molecular weight excluding hydrogens is 242 g/mol. The van der Waals surface area contributed by atoms with Crippen molar-refractivity contribution in [1.82, 2.24) is 4.90 Å². The molecule has 2 amide bonds. The number of aliphatic hydroxyl groups is 1. The zero-order chi connectivity index (χ0) is 14.4. The van der Waals surface area contributed by atoms with E-state index in [1.54, 1.807) is 0 Å². The zero-order valence-corrected chi connectivity index (χ0v) is 12.3. The van der Waals surface area contributed by atoms with E-state index in [4.69, 9.17) is 0 Å². The predicted octanol–water partition coefficient (Wildman–Crippen LogP) is 1.81. The fraction of sp³-hybridized carbons (Fsp3) is 0.867. The summed E-state index contributed by atoms with van der Waals surface area (Å²) < 4.78 is 0. The Morgan fingerprint density at radius 2 is 1.68 bits per heavy atom.